The molecule has 1 aliphatic rings. The maximum atomic E-state index is 13.0. The van der Waals surface area contributed by atoms with Crippen molar-refractivity contribution in [3.8, 4) is 10.6 Å². The second-order valence-electron chi connectivity index (χ2n) is 7.24. The van der Waals surface area contributed by atoms with Crippen molar-refractivity contribution >= 4 is 46.4 Å². The summed E-state index contributed by atoms with van der Waals surface area (Å²) in [4.78, 5) is 36.6. The zero-order valence-corrected chi connectivity index (χ0v) is 17.7. The summed E-state index contributed by atoms with van der Waals surface area (Å²) in [6.07, 6.45) is 2.08. The van der Waals surface area contributed by atoms with Gasteiger partial charge >= 0.3 is 5.97 Å². The molecule has 3 heterocycles. The van der Waals surface area contributed by atoms with Crippen molar-refractivity contribution in [1.82, 2.24) is 14.9 Å². The standard InChI is InChI=1S/C18H19Cl2N3O3S/c1-9(16(25)26-18(2,3)4)23-6-5-12-10(15(23)24)7-13(27-12)14-11(19)8-21-17(20)22-14/h7-9H,5-6H2,1-4H3. The number of hydrogen-bond acceptors (Lipinski definition) is 6. The van der Waals surface area contributed by atoms with E-state index in [4.69, 9.17) is 27.9 Å². The molecule has 0 saturated carbocycles. The molecule has 1 amide bonds. The van der Waals surface area contributed by atoms with E-state index in [0.29, 0.717) is 29.2 Å². The smallest absolute Gasteiger partial charge is 0.329 e. The van der Waals surface area contributed by atoms with Crippen molar-refractivity contribution in [2.24, 2.45) is 0 Å². The highest BCUT2D eigenvalue weighted by molar-refractivity contribution is 7.16. The van der Waals surface area contributed by atoms with Gasteiger partial charge in [-0.05, 0) is 45.4 Å². The van der Waals surface area contributed by atoms with Gasteiger partial charge in [0.2, 0.25) is 5.28 Å². The fourth-order valence-corrected chi connectivity index (χ4v) is 4.32. The SMILES string of the molecule is CC(C(=O)OC(C)(C)C)N1CCc2sc(-c3nc(Cl)ncc3Cl)cc2C1=O. The quantitative estimate of drug-likeness (QED) is 0.540. The first-order chi connectivity index (χ1) is 12.6. The summed E-state index contributed by atoms with van der Waals surface area (Å²) < 4.78 is 5.41. The summed E-state index contributed by atoms with van der Waals surface area (Å²) in [5.74, 6) is -0.617. The zero-order chi connectivity index (χ0) is 19.9. The molecular weight excluding hydrogens is 409 g/mol. The van der Waals surface area contributed by atoms with Gasteiger partial charge in [0.1, 0.15) is 17.3 Å². The van der Waals surface area contributed by atoms with E-state index in [-0.39, 0.29) is 11.2 Å². The molecule has 6 nitrogen and oxygen atoms in total. The fourth-order valence-electron chi connectivity index (χ4n) is 2.79. The number of nitrogens with zero attached hydrogens (tertiary/aromatic N) is 3. The molecule has 0 saturated heterocycles. The Labute approximate surface area is 171 Å². The first-order valence-corrected chi connectivity index (χ1v) is 9.99. The van der Waals surface area contributed by atoms with Gasteiger partial charge in [0.05, 0.1) is 21.7 Å². The summed E-state index contributed by atoms with van der Waals surface area (Å²) in [6, 6.07) is 1.09. The van der Waals surface area contributed by atoms with Crippen molar-refractivity contribution in [2.75, 3.05) is 6.54 Å². The molecule has 2 aromatic heterocycles. The third-order valence-corrected chi connectivity index (χ3v) is 5.70. The van der Waals surface area contributed by atoms with Crippen LogP contribution in [0.1, 0.15) is 42.9 Å². The van der Waals surface area contributed by atoms with E-state index >= 15 is 0 Å². The number of carbonyl (C=O) groups excluding carboxylic acids is 2. The van der Waals surface area contributed by atoms with E-state index in [2.05, 4.69) is 9.97 Å². The van der Waals surface area contributed by atoms with Crippen LogP contribution in [0, 0.1) is 0 Å². The minimum absolute atomic E-state index is 0.0901. The third kappa shape index (κ3) is 4.25. The van der Waals surface area contributed by atoms with Crippen LogP contribution in [0.3, 0.4) is 0 Å². The van der Waals surface area contributed by atoms with Crippen molar-refractivity contribution in [3.63, 3.8) is 0 Å². The van der Waals surface area contributed by atoms with Gasteiger partial charge in [-0.1, -0.05) is 11.6 Å². The van der Waals surface area contributed by atoms with Crippen molar-refractivity contribution < 1.29 is 14.3 Å². The molecule has 2 aromatic rings. The maximum absolute atomic E-state index is 13.0. The number of thiophene rings is 1. The highest BCUT2D eigenvalue weighted by Gasteiger charge is 2.35. The normalized spacial score (nSPS) is 15.5. The van der Waals surface area contributed by atoms with Crippen LogP contribution in [0.25, 0.3) is 10.6 Å². The first kappa shape index (κ1) is 20.0. The molecule has 0 radical (unpaired) electrons. The summed E-state index contributed by atoms with van der Waals surface area (Å²) in [5.41, 5.74) is 0.451. The van der Waals surface area contributed by atoms with Gasteiger partial charge in [-0.15, -0.1) is 11.3 Å². The van der Waals surface area contributed by atoms with Gasteiger partial charge in [0.25, 0.3) is 5.91 Å². The van der Waals surface area contributed by atoms with E-state index in [0.717, 1.165) is 9.75 Å². The van der Waals surface area contributed by atoms with Crippen molar-refractivity contribution in [1.29, 1.82) is 0 Å². The number of aromatic nitrogens is 2. The minimum atomic E-state index is -0.662. The van der Waals surface area contributed by atoms with E-state index in [1.807, 2.05) is 0 Å². The molecule has 0 aliphatic carbocycles. The molecule has 0 bridgehead atoms. The van der Waals surface area contributed by atoms with Gasteiger partial charge in [0, 0.05) is 17.8 Å². The molecule has 0 aromatic carbocycles. The van der Waals surface area contributed by atoms with Crippen LogP contribution in [0.5, 0.6) is 0 Å². The van der Waals surface area contributed by atoms with Crippen LogP contribution >= 0.6 is 34.5 Å². The van der Waals surface area contributed by atoms with Crippen LogP contribution in [-0.2, 0) is 16.0 Å². The topological polar surface area (TPSA) is 72.4 Å². The van der Waals surface area contributed by atoms with Crippen LogP contribution in [0.4, 0.5) is 0 Å². The lowest BCUT2D eigenvalue weighted by atomic mass is 10.1. The predicted molar refractivity (Wildman–Crippen MR) is 105 cm³/mol. The Hall–Kier alpha value is -1.70. The van der Waals surface area contributed by atoms with E-state index < -0.39 is 17.6 Å². The largest absolute Gasteiger partial charge is 0.458 e. The van der Waals surface area contributed by atoms with E-state index in [9.17, 15) is 9.59 Å². The number of ether oxygens (including phenoxy) is 1. The molecule has 9 heteroatoms. The van der Waals surface area contributed by atoms with Crippen LogP contribution in [0.15, 0.2) is 12.3 Å². The minimum Gasteiger partial charge on any atom is -0.458 e. The number of esters is 1. The summed E-state index contributed by atoms with van der Waals surface area (Å²) in [5, 5.41) is 0.455. The fraction of sp³-hybridized carbons (Fsp3) is 0.444. The van der Waals surface area contributed by atoms with Crippen LogP contribution in [0.2, 0.25) is 10.3 Å². The van der Waals surface area contributed by atoms with Crippen molar-refractivity contribution in [2.45, 2.75) is 45.8 Å². The lowest BCUT2D eigenvalue weighted by Gasteiger charge is -2.32. The molecule has 1 unspecified atom stereocenters. The van der Waals surface area contributed by atoms with Gasteiger partial charge in [-0.2, -0.15) is 0 Å². The lowest BCUT2D eigenvalue weighted by Crippen LogP contribution is -2.48. The second kappa shape index (κ2) is 7.37. The molecule has 0 spiro atoms. The number of fused-ring (bicyclic) bond motifs is 1. The van der Waals surface area contributed by atoms with Gasteiger partial charge in [0.15, 0.2) is 0 Å². The maximum Gasteiger partial charge on any atom is 0.329 e. The number of amides is 1. The number of halogens is 2. The molecule has 27 heavy (non-hydrogen) atoms. The Balaban J connectivity index is 1.87. The van der Waals surface area contributed by atoms with Crippen LogP contribution in [-0.4, -0.2) is 44.9 Å². The third-order valence-electron chi connectivity index (χ3n) is 4.04. The molecule has 144 valence electrons. The van der Waals surface area contributed by atoms with Crippen molar-refractivity contribution in [3.05, 3.63) is 33.0 Å². The molecule has 0 N–H and O–H groups in total. The molecule has 0 fully saturated rings. The highest BCUT2D eigenvalue weighted by atomic mass is 35.5. The number of carbonyl (C=O) groups is 2. The van der Waals surface area contributed by atoms with Crippen LogP contribution < -0.4 is 0 Å². The highest BCUT2D eigenvalue weighted by Crippen LogP contribution is 2.37. The molecule has 1 aliphatic heterocycles. The Morgan fingerprint density at radius 2 is 2.07 bits per heavy atom. The Kier molecular flexibility index (Phi) is 5.47. The zero-order valence-electron chi connectivity index (χ0n) is 15.4. The first-order valence-electron chi connectivity index (χ1n) is 8.42. The number of rotatable bonds is 3. The van der Waals surface area contributed by atoms with E-state index in [1.54, 1.807) is 38.7 Å². The Morgan fingerprint density at radius 1 is 1.37 bits per heavy atom. The number of hydrogen-bond donors (Lipinski definition) is 0. The van der Waals surface area contributed by atoms with E-state index in [1.165, 1.54) is 17.5 Å². The second-order valence-corrected chi connectivity index (χ2v) is 9.12. The Bertz CT molecular complexity index is 908. The molecule has 3 rings (SSSR count). The average molecular weight is 428 g/mol. The lowest BCUT2D eigenvalue weighted by molar-refractivity contribution is -0.159. The van der Waals surface area contributed by atoms with Gasteiger partial charge in [-0.3, -0.25) is 4.79 Å². The van der Waals surface area contributed by atoms with Gasteiger partial charge < -0.3 is 9.64 Å². The Morgan fingerprint density at radius 3 is 2.74 bits per heavy atom. The summed E-state index contributed by atoms with van der Waals surface area (Å²) in [7, 11) is 0. The predicted octanol–water partition coefficient (Wildman–Crippen LogP) is 4.24. The average Bonchev–Trinajstić information content (AvgIpc) is 3.00. The summed E-state index contributed by atoms with van der Waals surface area (Å²) >= 11 is 13.5. The molecular formula is C18H19Cl2N3O3S. The molecule has 1 atom stereocenters. The summed E-state index contributed by atoms with van der Waals surface area (Å²) in [6.45, 7) is 7.54. The van der Waals surface area contributed by atoms with Gasteiger partial charge in [-0.25, -0.2) is 14.8 Å². The monoisotopic (exact) mass is 427 g/mol.